The molecule has 0 aliphatic heterocycles. The van der Waals surface area contributed by atoms with Gasteiger partial charge in [0.15, 0.2) is 5.52 Å². The Labute approximate surface area is 111 Å². The molecule has 0 bridgehead atoms. The molecule has 7 heteroatoms. The minimum Gasteiger partial charge on any atom is -0.243 e. The van der Waals surface area contributed by atoms with Gasteiger partial charge in [0.25, 0.3) is 0 Å². The molecular formula is C12H15N3O3S. The van der Waals surface area contributed by atoms with Gasteiger partial charge in [-0.25, -0.2) is 17.8 Å². The molecule has 1 saturated carbocycles. The zero-order chi connectivity index (χ0) is 13.3. The average molecular weight is 281 g/mol. The second kappa shape index (κ2) is 4.90. The maximum Gasteiger partial charge on any atom is 0.243 e. The quantitative estimate of drug-likeness (QED) is 0.927. The molecule has 0 radical (unpaired) electrons. The van der Waals surface area contributed by atoms with E-state index in [0.717, 1.165) is 25.7 Å². The first kappa shape index (κ1) is 12.6. The molecule has 1 fully saturated rings. The minimum absolute atomic E-state index is 0.0221. The first-order valence-corrected chi connectivity index (χ1v) is 7.89. The van der Waals surface area contributed by atoms with Gasteiger partial charge in [0, 0.05) is 6.04 Å². The monoisotopic (exact) mass is 281 g/mol. The molecule has 0 saturated heterocycles. The van der Waals surface area contributed by atoms with Crippen molar-refractivity contribution in [1.29, 1.82) is 0 Å². The Bertz CT molecular complexity index is 674. The van der Waals surface area contributed by atoms with Crippen LogP contribution >= 0.6 is 0 Å². The summed E-state index contributed by atoms with van der Waals surface area (Å²) in [5.74, 6) is 0. The summed E-state index contributed by atoms with van der Waals surface area (Å²) in [6.07, 6.45) is 5.12. The minimum atomic E-state index is -3.57. The molecule has 1 aliphatic rings. The highest BCUT2D eigenvalue weighted by Crippen LogP contribution is 2.23. The van der Waals surface area contributed by atoms with Gasteiger partial charge in [-0.05, 0) is 35.3 Å². The van der Waals surface area contributed by atoms with Crippen LogP contribution in [0.25, 0.3) is 11.0 Å². The summed E-state index contributed by atoms with van der Waals surface area (Å²) >= 11 is 0. The van der Waals surface area contributed by atoms with E-state index in [2.05, 4.69) is 19.7 Å². The molecular weight excluding hydrogens is 266 g/mol. The van der Waals surface area contributed by atoms with Gasteiger partial charge in [-0.2, -0.15) is 0 Å². The maximum atomic E-state index is 12.4. The molecule has 1 aromatic carbocycles. The number of benzene rings is 1. The Morgan fingerprint density at radius 2 is 1.95 bits per heavy atom. The van der Waals surface area contributed by atoms with Crippen molar-refractivity contribution in [2.45, 2.75) is 43.0 Å². The maximum absolute atomic E-state index is 12.4. The summed E-state index contributed by atoms with van der Waals surface area (Å²) in [7, 11) is -3.57. The fourth-order valence-corrected chi connectivity index (χ4v) is 3.96. The molecule has 2 aromatic rings. The molecule has 1 aliphatic carbocycles. The summed E-state index contributed by atoms with van der Waals surface area (Å²) in [6.45, 7) is 0. The van der Waals surface area contributed by atoms with Gasteiger partial charge in [0.2, 0.25) is 10.0 Å². The predicted molar refractivity (Wildman–Crippen MR) is 69.0 cm³/mol. The van der Waals surface area contributed by atoms with Gasteiger partial charge < -0.3 is 0 Å². The van der Waals surface area contributed by atoms with Crippen molar-refractivity contribution in [3.05, 3.63) is 18.2 Å². The molecule has 0 amide bonds. The number of aromatic nitrogens is 2. The highest BCUT2D eigenvalue weighted by atomic mass is 32.2. The van der Waals surface area contributed by atoms with Crippen molar-refractivity contribution in [2.24, 2.45) is 0 Å². The van der Waals surface area contributed by atoms with Gasteiger partial charge in [-0.15, -0.1) is 0 Å². The Balaban J connectivity index is 1.93. The van der Waals surface area contributed by atoms with E-state index in [4.69, 9.17) is 0 Å². The van der Waals surface area contributed by atoms with Gasteiger partial charge >= 0.3 is 0 Å². The lowest BCUT2D eigenvalue weighted by atomic mass is 9.96. The van der Waals surface area contributed by atoms with Crippen LogP contribution in [0.5, 0.6) is 0 Å². The predicted octanol–water partition coefficient (Wildman–Crippen LogP) is 1.83. The molecule has 0 spiro atoms. The molecule has 1 heterocycles. The molecule has 3 rings (SSSR count). The van der Waals surface area contributed by atoms with Crippen LogP contribution in [0.1, 0.15) is 32.1 Å². The van der Waals surface area contributed by atoms with Crippen LogP contribution in [0, 0.1) is 0 Å². The van der Waals surface area contributed by atoms with Crippen LogP contribution in [0.15, 0.2) is 27.7 Å². The number of rotatable bonds is 3. The molecule has 102 valence electrons. The Morgan fingerprint density at radius 1 is 1.16 bits per heavy atom. The normalized spacial score (nSPS) is 17.9. The van der Waals surface area contributed by atoms with Crippen molar-refractivity contribution >= 4 is 21.1 Å². The lowest BCUT2D eigenvalue weighted by Gasteiger charge is -2.22. The third kappa shape index (κ3) is 2.48. The second-order valence-electron chi connectivity index (χ2n) is 4.84. The zero-order valence-corrected chi connectivity index (χ0v) is 11.2. The van der Waals surface area contributed by atoms with Crippen LogP contribution in [0.3, 0.4) is 0 Å². The Morgan fingerprint density at radius 3 is 2.74 bits per heavy atom. The van der Waals surface area contributed by atoms with Crippen molar-refractivity contribution in [3.63, 3.8) is 0 Å². The number of sulfonamides is 1. The number of nitrogens with zero attached hydrogens (tertiary/aromatic N) is 2. The number of hydrogen-bond acceptors (Lipinski definition) is 5. The van der Waals surface area contributed by atoms with Crippen molar-refractivity contribution in [3.8, 4) is 0 Å². The fraction of sp³-hybridized carbons (Fsp3) is 0.500. The molecule has 6 nitrogen and oxygen atoms in total. The average Bonchev–Trinajstić information content (AvgIpc) is 2.87. The van der Waals surface area contributed by atoms with E-state index >= 15 is 0 Å². The van der Waals surface area contributed by atoms with Crippen LogP contribution in [0.2, 0.25) is 0 Å². The highest BCUT2D eigenvalue weighted by molar-refractivity contribution is 7.89. The zero-order valence-electron chi connectivity index (χ0n) is 10.4. The summed E-state index contributed by atoms with van der Waals surface area (Å²) in [5, 5.41) is 7.33. The second-order valence-corrected chi connectivity index (χ2v) is 6.53. The molecule has 19 heavy (non-hydrogen) atoms. The molecule has 1 aromatic heterocycles. The van der Waals surface area contributed by atoms with Gasteiger partial charge in [0.05, 0.1) is 0 Å². The summed E-state index contributed by atoms with van der Waals surface area (Å²) < 4.78 is 32.1. The summed E-state index contributed by atoms with van der Waals surface area (Å²) in [4.78, 5) is 0.136. The van der Waals surface area contributed by atoms with Crippen LogP contribution in [0.4, 0.5) is 0 Å². The van der Waals surface area contributed by atoms with Gasteiger partial charge in [-0.1, -0.05) is 25.3 Å². The summed E-state index contributed by atoms with van der Waals surface area (Å²) in [6, 6.07) is 4.86. The topological polar surface area (TPSA) is 85.1 Å². The van der Waals surface area contributed by atoms with Crippen molar-refractivity contribution in [1.82, 2.24) is 15.0 Å². The first-order chi connectivity index (χ1) is 9.17. The largest absolute Gasteiger partial charge is 0.243 e. The van der Waals surface area contributed by atoms with Crippen molar-refractivity contribution < 1.29 is 13.0 Å². The number of fused-ring (bicyclic) bond motifs is 1. The lowest BCUT2D eigenvalue weighted by molar-refractivity contribution is 0.315. The van der Waals surface area contributed by atoms with Crippen LogP contribution in [-0.4, -0.2) is 24.8 Å². The first-order valence-electron chi connectivity index (χ1n) is 6.40. The standard InChI is InChI=1S/C12H15N3O3S/c16-19(17,15-9-5-2-1-3-6-9)11-8-4-7-10-12(11)14-18-13-10/h4,7-9,15H,1-3,5-6H2. The van der Waals surface area contributed by atoms with E-state index in [1.165, 1.54) is 12.5 Å². The third-order valence-electron chi connectivity index (χ3n) is 3.47. The highest BCUT2D eigenvalue weighted by Gasteiger charge is 2.24. The molecule has 0 atom stereocenters. The van der Waals surface area contributed by atoms with Gasteiger partial charge in [-0.3, -0.25) is 0 Å². The van der Waals surface area contributed by atoms with E-state index < -0.39 is 10.0 Å². The smallest absolute Gasteiger partial charge is 0.243 e. The number of nitrogens with one attached hydrogen (secondary N) is 1. The van der Waals surface area contributed by atoms with Crippen LogP contribution in [-0.2, 0) is 10.0 Å². The SMILES string of the molecule is O=S(=O)(NC1CCCCC1)c1cccc2nonc12. The van der Waals surface area contributed by atoms with E-state index in [9.17, 15) is 8.42 Å². The van der Waals surface area contributed by atoms with Crippen LogP contribution < -0.4 is 4.72 Å². The molecule has 1 N–H and O–H groups in total. The van der Waals surface area contributed by atoms with Crippen molar-refractivity contribution in [2.75, 3.05) is 0 Å². The van der Waals surface area contributed by atoms with E-state index in [-0.39, 0.29) is 16.5 Å². The Kier molecular flexibility index (Phi) is 3.24. The molecule has 0 unspecified atom stereocenters. The Hall–Kier alpha value is -1.47. The van der Waals surface area contributed by atoms with E-state index in [0.29, 0.717) is 5.52 Å². The van der Waals surface area contributed by atoms with E-state index in [1.807, 2.05) is 0 Å². The third-order valence-corrected chi connectivity index (χ3v) is 5.02. The lowest BCUT2D eigenvalue weighted by Crippen LogP contribution is -2.36. The van der Waals surface area contributed by atoms with E-state index in [1.54, 1.807) is 12.1 Å². The fourth-order valence-electron chi connectivity index (χ4n) is 2.50. The van der Waals surface area contributed by atoms with Gasteiger partial charge in [0.1, 0.15) is 10.4 Å². The number of hydrogen-bond donors (Lipinski definition) is 1. The summed E-state index contributed by atoms with van der Waals surface area (Å²) in [5.41, 5.74) is 0.734.